The zero-order valence-electron chi connectivity index (χ0n) is 11.7. The third-order valence-corrected chi connectivity index (χ3v) is 3.80. The number of fused-ring (bicyclic) bond motifs is 1. The number of alkyl halides is 3. The molecule has 0 atom stereocenters. The number of benzene rings is 2. The first-order valence-electron chi connectivity index (χ1n) is 6.40. The highest BCUT2D eigenvalue weighted by molar-refractivity contribution is 9.10. The Bertz CT molecular complexity index is 889. The third-order valence-electron chi connectivity index (χ3n) is 3.30. The smallest absolute Gasteiger partial charge is 0.426 e. The first-order chi connectivity index (χ1) is 10.8. The van der Waals surface area contributed by atoms with Crippen molar-refractivity contribution in [1.82, 2.24) is 9.78 Å². The van der Waals surface area contributed by atoms with E-state index in [1.54, 1.807) is 24.3 Å². The number of ether oxygens (including phenoxy) is 1. The van der Waals surface area contributed by atoms with Crippen LogP contribution in [0.5, 0.6) is 5.88 Å². The third kappa shape index (κ3) is 2.78. The van der Waals surface area contributed by atoms with Gasteiger partial charge in [-0.05, 0) is 35.0 Å². The number of rotatable bonds is 2. The summed E-state index contributed by atoms with van der Waals surface area (Å²) in [5.74, 6) is -2.31. The molecule has 0 unspecified atom stereocenters. The average molecular weight is 389 g/mol. The van der Waals surface area contributed by atoms with Crippen molar-refractivity contribution in [2.75, 3.05) is 7.11 Å². The van der Waals surface area contributed by atoms with Gasteiger partial charge in [0, 0.05) is 4.47 Å². The van der Waals surface area contributed by atoms with Crippen molar-refractivity contribution in [3.8, 4) is 11.6 Å². The Morgan fingerprint density at radius 1 is 1.09 bits per heavy atom. The van der Waals surface area contributed by atoms with Gasteiger partial charge >= 0.3 is 6.18 Å². The van der Waals surface area contributed by atoms with E-state index >= 15 is 0 Å². The van der Waals surface area contributed by atoms with E-state index in [1.807, 2.05) is 6.07 Å². The van der Waals surface area contributed by atoms with Crippen LogP contribution in [0.4, 0.5) is 17.6 Å². The summed E-state index contributed by atoms with van der Waals surface area (Å²) < 4.78 is 59.1. The number of aromatic nitrogens is 2. The number of halogens is 5. The molecule has 0 N–H and O–H groups in total. The molecule has 0 fully saturated rings. The van der Waals surface area contributed by atoms with Gasteiger partial charge in [-0.15, -0.1) is 5.10 Å². The highest BCUT2D eigenvalue weighted by atomic mass is 79.9. The summed E-state index contributed by atoms with van der Waals surface area (Å²) in [5.41, 5.74) is -1.35. The van der Waals surface area contributed by atoms with Gasteiger partial charge in [-0.2, -0.15) is 17.6 Å². The van der Waals surface area contributed by atoms with E-state index in [9.17, 15) is 17.6 Å². The van der Waals surface area contributed by atoms with Crippen LogP contribution in [0.2, 0.25) is 0 Å². The Morgan fingerprint density at radius 2 is 1.74 bits per heavy atom. The lowest BCUT2D eigenvalue weighted by molar-refractivity contribution is -0.141. The molecule has 0 saturated heterocycles. The lowest BCUT2D eigenvalue weighted by Gasteiger charge is -2.06. The topological polar surface area (TPSA) is 27.1 Å². The molecule has 0 aliphatic carbocycles. The van der Waals surface area contributed by atoms with Crippen molar-refractivity contribution in [3.05, 3.63) is 52.4 Å². The number of hydrogen-bond acceptors (Lipinski definition) is 2. The van der Waals surface area contributed by atoms with Gasteiger partial charge in [0.1, 0.15) is 0 Å². The van der Waals surface area contributed by atoms with Crippen LogP contribution in [-0.4, -0.2) is 16.9 Å². The Morgan fingerprint density at radius 3 is 2.35 bits per heavy atom. The fraction of sp³-hybridized carbons (Fsp3) is 0.133. The molecule has 1 aromatic heterocycles. The molecule has 3 rings (SSSR count). The summed E-state index contributed by atoms with van der Waals surface area (Å²) in [6, 6.07) is 10.1. The van der Waals surface area contributed by atoms with Gasteiger partial charge in [0.15, 0.2) is 5.56 Å². The minimum atomic E-state index is -4.89. The van der Waals surface area contributed by atoms with Gasteiger partial charge in [-0.1, -0.05) is 28.1 Å². The van der Waals surface area contributed by atoms with E-state index in [2.05, 4.69) is 25.8 Å². The first-order valence-corrected chi connectivity index (χ1v) is 7.20. The molecule has 120 valence electrons. The Balaban J connectivity index is 2.19. The Hall–Kier alpha value is -2.09. The largest absolute Gasteiger partial charge is 0.479 e. The van der Waals surface area contributed by atoms with Crippen molar-refractivity contribution in [3.63, 3.8) is 0 Å². The average Bonchev–Trinajstić information content (AvgIpc) is 2.83. The zero-order chi connectivity index (χ0) is 16.8. The number of methoxy groups -OCH3 is 1. The minimum Gasteiger partial charge on any atom is -0.479 e. The van der Waals surface area contributed by atoms with Crippen molar-refractivity contribution < 1.29 is 22.3 Å². The highest BCUT2D eigenvalue weighted by Crippen LogP contribution is 2.38. The highest BCUT2D eigenvalue weighted by Gasteiger charge is 2.42. The predicted molar refractivity (Wildman–Crippen MR) is 80.3 cm³/mol. The van der Waals surface area contributed by atoms with Crippen LogP contribution >= 0.6 is 15.9 Å². The molecule has 2 aromatic carbocycles. The number of hydrogen-bond donors (Lipinski definition) is 0. The number of nitrogens with zero attached hydrogens (tertiary/aromatic N) is 2. The molecular weight excluding hydrogens is 380 g/mol. The van der Waals surface area contributed by atoms with Crippen molar-refractivity contribution in [2.45, 2.75) is 6.18 Å². The molecule has 1 heterocycles. The van der Waals surface area contributed by atoms with Gasteiger partial charge in [0.05, 0.1) is 12.8 Å². The standard InChI is InChI=1S/C15H9BrF4N2O/c1-23-14-12(15(18,19)20)13(17)22(21-14)11-5-3-8-6-10(16)4-2-9(8)7-11/h2-7H,1H3. The van der Waals surface area contributed by atoms with E-state index < -0.39 is 23.6 Å². The second kappa shape index (κ2) is 5.52. The van der Waals surface area contributed by atoms with Crippen LogP contribution in [0.25, 0.3) is 16.5 Å². The van der Waals surface area contributed by atoms with Crippen molar-refractivity contribution in [2.24, 2.45) is 0 Å². The van der Waals surface area contributed by atoms with Crippen LogP contribution in [0.3, 0.4) is 0 Å². The van der Waals surface area contributed by atoms with E-state index in [0.717, 1.165) is 22.4 Å². The zero-order valence-corrected chi connectivity index (χ0v) is 13.2. The van der Waals surface area contributed by atoms with E-state index in [0.29, 0.717) is 4.68 Å². The molecule has 3 aromatic rings. The fourth-order valence-electron chi connectivity index (χ4n) is 2.27. The first kappa shape index (κ1) is 15.8. The molecular formula is C15H9BrF4N2O. The Kier molecular flexibility index (Phi) is 3.79. The van der Waals surface area contributed by atoms with Crippen LogP contribution < -0.4 is 4.74 Å². The molecule has 0 aliphatic rings. The summed E-state index contributed by atoms with van der Waals surface area (Å²) in [5, 5.41) is 5.18. The van der Waals surface area contributed by atoms with Crippen LogP contribution in [-0.2, 0) is 6.18 Å². The SMILES string of the molecule is COc1nn(-c2ccc3cc(Br)ccc3c2)c(F)c1C(F)(F)F. The second-order valence-electron chi connectivity index (χ2n) is 4.76. The molecule has 0 amide bonds. The van der Waals surface area contributed by atoms with Gasteiger partial charge in [-0.3, -0.25) is 0 Å². The Labute approximate surface area is 136 Å². The van der Waals surface area contributed by atoms with Gasteiger partial charge in [0.2, 0.25) is 11.8 Å². The van der Waals surface area contributed by atoms with Crippen molar-refractivity contribution in [1.29, 1.82) is 0 Å². The minimum absolute atomic E-state index is 0.172. The normalized spacial score (nSPS) is 11.9. The van der Waals surface area contributed by atoms with Crippen LogP contribution in [0.1, 0.15) is 5.56 Å². The molecule has 0 saturated carbocycles. The molecule has 23 heavy (non-hydrogen) atoms. The summed E-state index contributed by atoms with van der Waals surface area (Å²) >= 11 is 3.33. The van der Waals surface area contributed by atoms with Crippen LogP contribution in [0, 0.1) is 5.95 Å². The van der Waals surface area contributed by atoms with Crippen LogP contribution in [0.15, 0.2) is 40.9 Å². The molecule has 3 nitrogen and oxygen atoms in total. The van der Waals surface area contributed by atoms with Gasteiger partial charge < -0.3 is 4.74 Å². The van der Waals surface area contributed by atoms with Crippen molar-refractivity contribution >= 4 is 26.7 Å². The molecule has 8 heteroatoms. The summed E-state index contributed by atoms with van der Waals surface area (Å²) in [6.45, 7) is 0. The van der Waals surface area contributed by atoms with E-state index in [4.69, 9.17) is 0 Å². The maximum atomic E-state index is 14.2. The lowest BCUT2D eigenvalue weighted by Crippen LogP contribution is -2.09. The van der Waals surface area contributed by atoms with E-state index in [1.165, 1.54) is 6.07 Å². The quantitative estimate of drug-likeness (QED) is 0.580. The monoisotopic (exact) mass is 388 g/mol. The maximum Gasteiger partial charge on any atom is 0.426 e. The summed E-state index contributed by atoms with van der Waals surface area (Å²) in [7, 11) is 1.01. The predicted octanol–water partition coefficient (Wildman–Crippen LogP) is 4.95. The molecule has 0 aliphatic heterocycles. The molecule has 0 bridgehead atoms. The summed E-state index contributed by atoms with van der Waals surface area (Å²) in [6.07, 6.45) is -4.89. The van der Waals surface area contributed by atoms with Gasteiger partial charge in [0.25, 0.3) is 0 Å². The summed E-state index contributed by atoms with van der Waals surface area (Å²) in [4.78, 5) is 0. The fourth-order valence-corrected chi connectivity index (χ4v) is 2.65. The van der Waals surface area contributed by atoms with E-state index in [-0.39, 0.29) is 5.69 Å². The lowest BCUT2D eigenvalue weighted by atomic mass is 10.1. The van der Waals surface area contributed by atoms with Gasteiger partial charge in [-0.25, -0.2) is 4.68 Å². The molecule has 0 spiro atoms. The molecule has 0 radical (unpaired) electrons. The maximum absolute atomic E-state index is 14.2. The second-order valence-corrected chi connectivity index (χ2v) is 5.68.